The zero-order valence-electron chi connectivity index (χ0n) is 12.6. The molecule has 1 aromatic carbocycles. The number of aliphatic hydroxyl groups excluding tert-OH is 1. The van der Waals surface area contributed by atoms with Gasteiger partial charge in [-0.1, -0.05) is 31.3 Å². The van der Waals surface area contributed by atoms with Gasteiger partial charge in [-0.3, -0.25) is 4.79 Å². The van der Waals surface area contributed by atoms with E-state index in [4.69, 9.17) is 4.74 Å². The molecule has 0 aromatic heterocycles. The highest BCUT2D eigenvalue weighted by Crippen LogP contribution is 2.14. The smallest absolute Gasteiger partial charge is 0.471 e. The Kier molecular flexibility index (Phi) is 7.42. The normalized spacial score (nSPS) is 12.0. The second-order valence-corrected chi connectivity index (χ2v) is 4.70. The van der Waals surface area contributed by atoms with Crippen molar-refractivity contribution in [2.45, 2.75) is 32.0 Å². The molecule has 0 heterocycles. The van der Waals surface area contributed by atoms with E-state index < -0.39 is 18.2 Å². The number of benzene rings is 1. The highest BCUT2D eigenvalue weighted by molar-refractivity contribution is 5.81. The van der Waals surface area contributed by atoms with Crippen molar-refractivity contribution >= 4 is 5.91 Å². The van der Waals surface area contributed by atoms with Crippen molar-refractivity contribution in [1.29, 1.82) is 0 Å². The molecule has 0 aliphatic heterocycles. The lowest BCUT2D eigenvalue weighted by molar-refractivity contribution is -0.173. The predicted octanol–water partition coefficient (Wildman–Crippen LogP) is 2.26. The highest BCUT2D eigenvalue weighted by Gasteiger charge is 2.38. The number of carbonyl (C=O) groups excluding carboxylic acids is 1. The third kappa shape index (κ3) is 7.56. The highest BCUT2D eigenvalue weighted by atomic mass is 19.4. The van der Waals surface area contributed by atoms with E-state index in [1.807, 2.05) is 6.92 Å². The van der Waals surface area contributed by atoms with Crippen LogP contribution in [-0.4, -0.2) is 36.4 Å². The van der Waals surface area contributed by atoms with Crippen LogP contribution in [0.4, 0.5) is 13.2 Å². The first-order chi connectivity index (χ1) is 10.8. The molecule has 4 nitrogen and oxygen atoms in total. The molecule has 7 heteroatoms. The number of hydrogen-bond acceptors (Lipinski definition) is 3. The molecule has 2 N–H and O–H groups in total. The minimum absolute atomic E-state index is 0.100. The van der Waals surface area contributed by atoms with E-state index >= 15 is 0 Å². The lowest BCUT2D eigenvalue weighted by Crippen LogP contribution is -2.38. The molecule has 1 aromatic rings. The summed E-state index contributed by atoms with van der Waals surface area (Å²) in [6, 6.07) is 6.64. The maximum atomic E-state index is 12.0. The van der Waals surface area contributed by atoms with Crippen LogP contribution in [0.5, 0.6) is 5.75 Å². The Balaban J connectivity index is 2.47. The van der Waals surface area contributed by atoms with Crippen molar-refractivity contribution in [2.75, 3.05) is 13.2 Å². The van der Waals surface area contributed by atoms with Crippen LogP contribution >= 0.6 is 0 Å². The van der Waals surface area contributed by atoms with Crippen molar-refractivity contribution in [3.63, 3.8) is 0 Å². The van der Waals surface area contributed by atoms with E-state index in [0.717, 1.165) is 6.42 Å². The topological polar surface area (TPSA) is 58.6 Å². The number of rotatable bonds is 6. The fourth-order valence-electron chi connectivity index (χ4n) is 1.61. The van der Waals surface area contributed by atoms with Gasteiger partial charge in [0.1, 0.15) is 18.5 Å². The van der Waals surface area contributed by atoms with E-state index in [-0.39, 0.29) is 13.2 Å². The van der Waals surface area contributed by atoms with Crippen LogP contribution in [0.1, 0.15) is 25.3 Å². The number of halogens is 3. The first kappa shape index (κ1) is 18.8. The molecule has 1 rings (SSSR count). The number of amides is 1. The Morgan fingerprint density at radius 3 is 2.83 bits per heavy atom. The zero-order valence-corrected chi connectivity index (χ0v) is 12.6. The van der Waals surface area contributed by atoms with Crippen LogP contribution in [0.25, 0.3) is 0 Å². The number of hydrogen-bond donors (Lipinski definition) is 2. The van der Waals surface area contributed by atoms with Gasteiger partial charge in [0.2, 0.25) is 0 Å². The Hall–Kier alpha value is -2.20. The molecule has 0 saturated carbocycles. The van der Waals surface area contributed by atoms with Gasteiger partial charge in [0.05, 0.1) is 6.54 Å². The second-order valence-electron chi connectivity index (χ2n) is 4.70. The van der Waals surface area contributed by atoms with Gasteiger partial charge in [-0.25, -0.2) is 0 Å². The summed E-state index contributed by atoms with van der Waals surface area (Å²) in [5.74, 6) is 3.92. The van der Waals surface area contributed by atoms with Crippen LogP contribution < -0.4 is 10.1 Å². The van der Waals surface area contributed by atoms with Gasteiger partial charge in [-0.2, -0.15) is 13.2 Å². The minimum atomic E-state index is -4.89. The van der Waals surface area contributed by atoms with Crippen LogP contribution in [0.2, 0.25) is 0 Å². The molecule has 0 aliphatic carbocycles. The Morgan fingerprint density at radius 2 is 2.17 bits per heavy atom. The maximum Gasteiger partial charge on any atom is 0.471 e. The average Bonchev–Trinajstić information content (AvgIpc) is 2.49. The van der Waals surface area contributed by atoms with Crippen LogP contribution in [0.15, 0.2) is 24.3 Å². The van der Waals surface area contributed by atoms with Crippen molar-refractivity contribution in [1.82, 2.24) is 5.32 Å². The molecule has 0 fully saturated rings. The quantitative estimate of drug-likeness (QED) is 0.622. The van der Waals surface area contributed by atoms with Crippen molar-refractivity contribution < 1.29 is 27.8 Å². The standard InChI is InChI=1S/C16H18F3NO3/c1-2-4-13(21)8-7-12-5-3-6-14(11-12)23-10-9-20-15(22)16(17,18)19/h3,5-6,11,13,21H,2,4,9-10H2,1H3,(H,20,22). The summed E-state index contributed by atoms with van der Waals surface area (Å²) in [6.45, 7) is 1.58. The first-order valence-corrected chi connectivity index (χ1v) is 7.10. The largest absolute Gasteiger partial charge is 0.492 e. The van der Waals surface area contributed by atoms with Gasteiger partial charge in [0.25, 0.3) is 0 Å². The second kappa shape index (κ2) is 9.06. The maximum absolute atomic E-state index is 12.0. The number of alkyl halides is 3. The molecule has 126 valence electrons. The van der Waals surface area contributed by atoms with E-state index in [2.05, 4.69) is 11.8 Å². The van der Waals surface area contributed by atoms with Crippen LogP contribution in [-0.2, 0) is 4.79 Å². The van der Waals surface area contributed by atoms with E-state index in [0.29, 0.717) is 17.7 Å². The monoisotopic (exact) mass is 329 g/mol. The first-order valence-electron chi connectivity index (χ1n) is 7.10. The zero-order chi connectivity index (χ0) is 17.3. The van der Waals surface area contributed by atoms with Gasteiger partial charge < -0.3 is 15.2 Å². The fourth-order valence-corrected chi connectivity index (χ4v) is 1.61. The molecule has 0 aliphatic rings. The summed E-state index contributed by atoms with van der Waals surface area (Å²) in [5, 5.41) is 11.2. The van der Waals surface area contributed by atoms with Crippen LogP contribution in [0, 0.1) is 11.8 Å². The van der Waals surface area contributed by atoms with E-state index in [1.54, 1.807) is 29.6 Å². The Labute approximate surface area is 132 Å². The Morgan fingerprint density at radius 1 is 1.43 bits per heavy atom. The van der Waals surface area contributed by atoms with Crippen LogP contribution in [0.3, 0.4) is 0 Å². The van der Waals surface area contributed by atoms with E-state index in [1.165, 1.54) is 0 Å². The lowest BCUT2D eigenvalue weighted by Gasteiger charge is -2.09. The van der Waals surface area contributed by atoms with Crippen molar-refractivity contribution in [3.05, 3.63) is 29.8 Å². The van der Waals surface area contributed by atoms with Crippen molar-refractivity contribution in [2.24, 2.45) is 0 Å². The molecular weight excluding hydrogens is 311 g/mol. The lowest BCUT2D eigenvalue weighted by atomic mass is 10.2. The summed E-state index contributed by atoms with van der Waals surface area (Å²) in [6.07, 6.45) is -4.18. The fraction of sp³-hybridized carbons (Fsp3) is 0.438. The molecule has 23 heavy (non-hydrogen) atoms. The van der Waals surface area contributed by atoms with Gasteiger partial charge in [0.15, 0.2) is 0 Å². The summed E-state index contributed by atoms with van der Waals surface area (Å²) in [7, 11) is 0. The third-order valence-electron chi connectivity index (χ3n) is 2.69. The summed E-state index contributed by atoms with van der Waals surface area (Å²) in [5.41, 5.74) is 0.622. The predicted molar refractivity (Wildman–Crippen MR) is 78.8 cm³/mol. The van der Waals surface area contributed by atoms with E-state index in [9.17, 15) is 23.1 Å². The van der Waals surface area contributed by atoms with Gasteiger partial charge in [-0.15, -0.1) is 0 Å². The molecule has 0 bridgehead atoms. The molecule has 1 amide bonds. The summed E-state index contributed by atoms with van der Waals surface area (Å²) in [4.78, 5) is 10.6. The van der Waals surface area contributed by atoms with Gasteiger partial charge in [0, 0.05) is 5.56 Å². The molecule has 0 radical (unpaired) electrons. The third-order valence-corrected chi connectivity index (χ3v) is 2.69. The molecule has 1 atom stereocenters. The van der Waals surface area contributed by atoms with Crippen molar-refractivity contribution in [3.8, 4) is 17.6 Å². The molecule has 0 saturated heterocycles. The molecule has 1 unspecified atom stereocenters. The minimum Gasteiger partial charge on any atom is -0.492 e. The number of aliphatic hydroxyl groups is 1. The number of ether oxygens (including phenoxy) is 1. The summed E-state index contributed by atoms with van der Waals surface area (Å²) >= 11 is 0. The number of nitrogens with one attached hydrogen (secondary N) is 1. The SMILES string of the molecule is CCCC(O)C#Cc1cccc(OCCNC(=O)C(F)(F)F)c1. The number of carbonyl (C=O) groups is 1. The van der Waals surface area contributed by atoms with Gasteiger partial charge >= 0.3 is 12.1 Å². The Bertz CT molecular complexity index is 576. The average molecular weight is 329 g/mol. The van der Waals surface area contributed by atoms with Gasteiger partial charge in [-0.05, 0) is 24.6 Å². The molecular formula is C16H18F3NO3. The summed E-state index contributed by atoms with van der Waals surface area (Å²) < 4.78 is 41.2. The molecule has 0 spiro atoms.